The number of aliphatic hydroxyl groups is 2. The van der Waals surface area contributed by atoms with E-state index in [9.17, 15) is 15.0 Å². The van der Waals surface area contributed by atoms with Crippen LogP contribution in [-0.2, 0) is 4.79 Å². The van der Waals surface area contributed by atoms with E-state index < -0.39 is 12.2 Å². The molecule has 1 aliphatic heterocycles. The fourth-order valence-electron chi connectivity index (χ4n) is 2.48. The summed E-state index contributed by atoms with van der Waals surface area (Å²) in [6.45, 7) is 2.53. The predicted octanol–water partition coefficient (Wildman–Crippen LogP) is 0.178. The number of hydrogen-bond acceptors (Lipinski definition) is 4. The number of aromatic nitrogens is 2. The van der Waals surface area contributed by atoms with E-state index >= 15 is 0 Å². The Morgan fingerprint density at radius 2 is 2.11 bits per heavy atom. The lowest BCUT2D eigenvalue weighted by Crippen LogP contribution is -2.31. The fourth-order valence-corrected chi connectivity index (χ4v) is 2.48. The van der Waals surface area contributed by atoms with Crippen molar-refractivity contribution in [3.05, 3.63) is 18.7 Å². The summed E-state index contributed by atoms with van der Waals surface area (Å²) in [7, 11) is 0. The molecule has 1 saturated heterocycles. The van der Waals surface area contributed by atoms with Crippen LogP contribution in [0.4, 0.5) is 0 Å². The number of carbonyl (C=O) groups is 1. The lowest BCUT2D eigenvalue weighted by atomic mass is 10.1. The van der Waals surface area contributed by atoms with Crippen molar-refractivity contribution in [2.45, 2.75) is 44.4 Å². The zero-order valence-electron chi connectivity index (χ0n) is 11.1. The van der Waals surface area contributed by atoms with Gasteiger partial charge in [0.1, 0.15) is 0 Å². The quantitative estimate of drug-likeness (QED) is 0.797. The second kappa shape index (κ2) is 6.16. The first-order valence-electron chi connectivity index (χ1n) is 6.73. The molecular weight excluding hydrogens is 246 g/mol. The molecule has 2 heterocycles. The van der Waals surface area contributed by atoms with Crippen molar-refractivity contribution in [3.63, 3.8) is 0 Å². The van der Waals surface area contributed by atoms with Crippen molar-refractivity contribution in [2.75, 3.05) is 13.1 Å². The van der Waals surface area contributed by atoms with E-state index in [1.165, 1.54) is 4.90 Å². The first-order chi connectivity index (χ1) is 9.11. The van der Waals surface area contributed by atoms with Crippen LogP contribution in [0.15, 0.2) is 18.7 Å². The van der Waals surface area contributed by atoms with Crippen LogP contribution >= 0.6 is 0 Å². The van der Waals surface area contributed by atoms with Gasteiger partial charge >= 0.3 is 0 Å². The average Bonchev–Trinajstić information content (AvgIpc) is 3.00. The monoisotopic (exact) mass is 267 g/mol. The van der Waals surface area contributed by atoms with E-state index in [4.69, 9.17) is 0 Å². The smallest absolute Gasteiger partial charge is 0.224 e. The van der Waals surface area contributed by atoms with Gasteiger partial charge in [0, 0.05) is 37.9 Å². The summed E-state index contributed by atoms with van der Waals surface area (Å²) >= 11 is 0. The summed E-state index contributed by atoms with van der Waals surface area (Å²) < 4.78 is 1.95. The van der Waals surface area contributed by atoms with Crippen molar-refractivity contribution in [1.82, 2.24) is 14.5 Å². The maximum absolute atomic E-state index is 12.2. The minimum Gasteiger partial charge on any atom is -0.388 e. The van der Waals surface area contributed by atoms with Crippen LogP contribution < -0.4 is 0 Å². The molecule has 0 spiro atoms. The molecule has 1 unspecified atom stereocenters. The van der Waals surface area contributed by atoms with Crippen molar-refractivity contribution >= 4 is 5.91 Å². The molecule has 0 bridgehead atoms. The van der Waals surface area contributed by atoms with E-state index in [0.29, 0.717) is 6.42 Å². The SMILES string of the molecule is CCCC(CC(=O)N1C[C@@H](O)[C@@H](O)C1)n1ccnc1. The Balaban J connectivity index is 1.96. The van der Waals surface area contributed by atoms with Gasteiger partial charge in [0.2, 0.25) is 5.91 Å². The Morgan fingerprint density at radius 3 is 2.63 bits per heavy atom. The third-order valence-electron chi connectivity index (χ3n) is 3.59. The van der Waals surface area contributed by atoms with Gasteiger partial charge < -0.3 is 19.7 Å². The summed E-state index contributed by atoms with van der Waals surface area (Å²) in [5.74, 6) is -0.0252. The molecule has 2 rings (SSSR count). The molecule has 0 aromatic carbocycles. The second-order valence-corrected chi connectivity index (χ2v) is 5.09. The number of aliphatic hydroxyl groups excluding tert-OH is 2. The Morgan fingerprint density at radius 1 is 1.42 bits per heavy atom. The highest BCUT2D eigenvalue weighted by Crippen LogP contribution is 2.21. The molecule has 1 aromatic rings. The maximum atomic E-state index is 12.2. The molecule has 3 atom stereocenters. The lowest BCUT2D eigenvalue weighted by molar-refractivity contribution is -0.131. The molecule has 0 radical (unpaired) electrons. The van der Waals surface area contributed by atoms with E-state index in [2.05, 4.69) is 11.9 Å². The van der Waals surface area contributed by atoms with Crippen molar-refractivity contribution in [3.8, 4) is 0 Å². The molecule has 0 saturated carbocycles. The lowest BCUT2D eigenvalue weighted by Gasteiger charge is -2.21. The van der Waals surface area contributed by atoms with Gasteiger partial charge in [-0.15, -0.1) is 0 Å². The van der Waals surface area contributed by atoms with Crippen LogP contribution in [-0.4, -0.2) is 55.9 Å². The van der Waals surface area contributed by atoms with Crippen molar-refractivity contribution in [2.24, 2.45) is 0 Å². The van der Waals surface area contributed by atoms with E-state index in [1.54, 1.807) is 12.5 Å². The molecular formula is C13H21N3O3. The fraction of sp³-hybridized carbons (Fsp3) is 0.692. The number of β-amino-alcohol motifs (C(OH)–C–C–N with tert-alkyl or cyclic N) is 2. The molecule has 6 nitrogen and oxygen atoms in total. The zero-order chi connectivity index (χ0) is 13.8. The number of nitrogens with zero attached hydrogens (tertiary/aromatic N) is 3. The van der Waals surface area contributed by atoms with E-state index in [0.717, 1.165) is 12.8 Å². The molecule has 19 heavy (non-hydrogen) atoms. The van der Waals surface area contributed by atoms with Crippen LogP contribution in [0.3, 0.4) is 0 Å². The maximum Gasteiger partial charge on any atom is 0.224 e. The Kier molecular flexibility index (Phi) is 4.55. The third kappa shape index (κ3) is 3.33. The van der Waals surface area contributed by atoms with Gasteiger partial charge in [0.05, 0.1) is 18.5 Å². The van der Waals surface area contributed by atoms with Crippen LogP contribution in [0.5, 0.6) is 0 Å². The molecule has 2 N–H and O–H groups in total. The molecule has 0 aliphatic carbocycles. The second-order valence-electron chi connectivity index (χ2n) is 5.09. The minimum atomic E-state index is -0.818. The number of carbonyl (C=O) groups excluding carboxylic acids is 1. The summed E-state index contributed by atoms with van der Waals surface area (Å²) in [6, 6.07) is 0.0925. The number of likely N-dealkylation sites (tertiary alicyclic amines) is 1. The highest BCUT2D eigenvalue weighted by Gasteiger charge is 2.33. The van der Waals surface area contributed by atoms with Gasteiger partial charge in [0.25, 0.3) is 0 Å². The highest BCUT2D eigenvalue weighted by atomic mass is 16.3. The molecule has 1 aromatic heterocycles. The Hall–Kier alpha value is -1.40. The first-order valence-corrected chi connectivity index (χ1v) is 6.73. The molecule has 1 aliphatic rings. The largest absolute Gasteiger partial charge is 0.388 e. The predicted molar refractivity (Wildman–Crippen MR) is 69.4 cm³/mol. The molecule has 106 valence electrons. The molecule has 1 fully saturated rings. The summed E-state index contributed by atoms with van der Waals surface area (Å²) in [4.78, 5) is 17.7. The number of imidazole rings is 1. The van der Waals surface area contributed by atoms with Crippen LogP contribution in [0.25, 0.3) is 0 Å². The van der Waals surface area contributed by atoms with E-state index in [-0.39, 0.29) is 25.0 Å². The van der Waals surface area contributed by atoms with Gasteiger partial charge in [-0.1, -0.05) is 13.3 Å². The first kappa shape index (κ1) is 14.0. The van der Waals surface area contributed by atoms with Gasteiger partial charge in [-0.05, 0) is 6.42 Å². The normalized spacial score (nSPS) is 24.7. The van der Waals surface area contributed by atoms with Gasteiger partial charge in [-0.3, -0.25) is 4.79 Å². The van der Waals surface area contributed by atoms with Gasteiger partial charge in [0.15, 0.2) is 0 Å². The average molecular weight is 267 g/mol. The Bertz CT molecular complexity index is 397. The number of hydrogen-bond donors (Lipinski definition) is 2. The van der Waals surface area contributed by atoms with Crippen molar-refractivity contribution < 1.29 is 15.0 Å². The third-order valence-corrected chi connectivity index (χ3v) is 3.59. The number of rotatable bonds is 5. The Labute approximate surface area is 112 Å². The van der Waals surface area contributed by atoms with Gasteiger partial charge in [-0.25, -0.2) is 4.98 Å². The summed E-state index contributed by atoms with van der Waals surface area (Å²) in [5, 5.41) is 19.0. The summed E-state index contributed by atoms with van der Waals surface area (Å²) in [6.07, 6.45) is 5.93. The van der Waals surface area contributed by atoms with Crippen LogP contribution in [0.1, 0.15) is 32.2 Å². The standard InChI is InChI=1S/C13H21N3O3/c1-2-3-10(15-5-4-14-9-15)6-13(19)16-7-11(17)12(18)8-16/h4-5,9-12,17-18H,2-3,6-8H2,1H3/t10?,11-,12+. The van der Waals surface area contributed by atoms with Crippen LogP contribution in [0.2, 0.25) is 0 Å². The zero-order valence-corrected chi connectivity index (χ0v) is 11.1. The van der Waals surface area contributed by atoms with Crippen molar-refractivity contribution in [1.29, 1.82) is 0 Å². The van der Waals surface area contributed by atoms with Gasteiger partial charge in [-0.2, -0.15) is 0 Å². The van der Waals surface area contributed by atoms with Crippen LogP contribution in [0, 0.1) is 0 Å². The number of amides is 1. The molecule has 1 amide bonds. The minimum absolute atomic E-state index is 0.0252. The van der Waals surface area contributed by atoms with E-state index in [1.807, 2.05) is 10.8 Å². The highest BCUT2D eigenvalue weighted by molar-refractivity contribution is 5.77. The molecule has 6 heteroatoms. The summed E-state index contributed by atoms with van der Waals surface area (Å²) in [5.41, 5.74) is 0. The topological polar surface area (TPSA) is 78.6 Å².